The molecule has 2 bridgehead atoms. The maximum atomic E-state index is 13.5. The van der Waals surface area contributed by atoms with Crippen LogP contribution in [0.15, 0.2) is 18.2 Å². The highest BCUT2D eigenvalue weighted by atomic mass is 19.1. The van der Waals surface area contributed by atoms with Crippen molar-refractivity contribution < 1.29 is 4.39 Å². The topological polar surface area (TPSA) is 12.0 Å². The first-order valence-electron chi connectivity index (χ1n) is 8.64. The second-order valence-electron chi connectivity index (χ2n) is 7.20. The minimum atomic E-state index is -0.106. The fourth-order valence-electron chi connectivity index (χ4n) is 4.68. The number of halogens is 1. The lowest BCUT2D eigenvalue weighted by atomic mass is 9.82. The second kappa shape index (κ2) is 6.48. The van der Waals surface area contributed by atoms with Gasteiger partial charge in [-0.05, 0) is 86.6 Å². The highest BCUT2D eigenvalue weighted by Crippen LogP contribution is 2.50. The van der Waals surface area contributed by atoms with Crippen LogP contribution in [0.2, 0.25) is 0 Å². The van der Waals surface area contributed by atoms with Crippen molar-refractivity contribution in [3.63, 3.8) is 0 Å². The van der Waals surface area contributed by atoms with Gasteiger partial charge in [-0.1, -0.05) is 19.4 Å². The average Bonchev–Trinajstić information content (AvgIpc) is 3.05. The maximum absolute atomic E-state index is 13.5. The third kappa shape index (κ3) is 3.48. The Morgan fingerprint density at radius 1 is 1.29 bits per heavy atom. The Labute approximate surface area is 128 Å². The first-order chi connectivity index (χ1) is 10.2. The predicted octanol–water partition coefficient (Wildman–Crippen LogP) is 4.48. The van der Waals surface area contributed by atoms with Crippen LogP contribution in [0.4, 0.5) is 4.39 Å². The van der Waals surface area contributed by atoms with Crippen LogP contribution < -0.4 is 5.32 Å². The van der Waals surface area contributed by atoms with E-state index in [9.17, 15) is 4.39 Å². The summed E-state index contributed by atoms with van der Waals surface area (Å²) in [5, 5.41) is 3.64. The zero-order valence-electron chi connectivity index (χ0n) is 13.4. The van der Waals surface area contributed by atoms with Gasteiger partial charge in [0.2, 0.25) is 0 Å². The van der Waals surface area contributed by atoms with Gasteiger partial charge in [-0.15, -0.1) is 0 Å². The number of benzene rings is 1. The van der Waals surface area contributed by atoms with E-state index in [1.807, 2.05) is 6.07 Å². The predicted molar refractivity (Wildman–Crippen MR) is 85.9 cm³/mol. The molecule has 4 atom stereocenters. The van der Waals surface area contributed by atoms with E-state index in [2.05, 4.69) is 19.2 Å². The van der Waals surface area contributed by atoms with E-state index < -0.39 is 0 Å². The van der Waals surface area contributed by atoms with E-state index in [4.69, 9.17) is 0 Å². The quantitative estimate of drug-likeness (QED) is 0.814. The van der Waals surface area contributed by atoms with E-state index >= 15 is 0 Å². The summed E-state index contributed by atoms with van der Waals surface area (Å²) in [5.74, 6) is 2.79. The summed E-state index contributed by atoms with van der Waals surface area (Å²) >= 11 is 0. The second-order valence-corrected chi connectivity index (χ2v) is 7.20. The van der Waals surface area contributed by atoms with E-state index in [1.165, 1.54) is 43.2 Å². The fraction of sp³-hybridized carbons (Fsp3) is 0.684. The highest BCUT2D eigenvalue weighted by Gasteiger charge is 2.39. The number of hydrogen-bond donors (Lipinski definition) is 1. The molecule has 1 nitrogen and oxygen atoms in total. The van der Waals surface area contributed by atoms with Crippen molar-refractivity contribution in [2.24, 2.45) is 17.8 Å². The summed E-state index contributed by atoms with van der Waals surface area (Å²) in [4.78, 5) is 0. The summed E-state index contributed by atoms with van der Waals surface area (Å²) in [6.45, 7) is 5.27. The SMILES string of the molecule is CCNC(Cc1cc(F)ccc1C)CC1CC2CCC1C2. The molecule has 0 saturated heterocycles. The molecule has 1 N–H and O–H groups in total. The van der Waals surface area contributed by atoms with Crippen molar-refractivity contribution in [2.75, 3.05) is 6.54 Å². The van der Waals surface area contributed by atoms with Gasteiger partial charge in [-0.2, -0.15) is 0 Å². The molecule has 2 saturated carbocycles. The van der Waals surface area contributed by atoms with Gasteiger partial charge in [0, 0.05) is 6.04 Å². The highest BCUT2D eigenvalue weighted by molar-refractivity contribution is 5.27. The van der Waals surface area contributed by atoms with Gasteiger partial charge < -0.3 is 5.32 Å². The molecule has 0 aliphatic heterocycles. The Balaban J connectivity index is 1.65. The monoisotopic (exact) mass is 289 g/mol. The molecule has 0 heterocycles. The fourth-order valence-corrected chi connectivity index (χ4v) is 4.68. The average molecular weight is 289 g/mol. The van der Waals surface area contributed by atoms with Crippen molar-refractivity contribution in [1.82, 2.24) is 5.32 Å². The zero-order valence-corrected chi connectivity index (χ0v) is 13.4. The van der Waals surface area contributed by atoms with E-state index in [1.54, 1.807) is 12.1 Å². The van der Waals surface area contributed by atoms with E-state index in [-0.39, 0.29) is 5.82 Å². The number of fused-ring (bicyclic) bond motifs is 2. The lowest BCUT2D eigenvalue weighted by Crippen LogP contribution is -2.34. The van der Waals surface area contributed by atoms with Gasteiger partial charge in [-0.25, -0.2) is 4.39 Å². The number of rotatable bonds is 6. The van der Waals surface area contributed by atoms with Gasteiger partial charge in [0.25, 0.3) is 0 Å². The lowest BCUT2D eigenvalue weighted by molar-refractivity contribution is 0.278. The summed E-state index contributed by atoms with van der Waals surface area (Å²) in [6.07, 6.45) is 8.07. The third-order valence-electron chi connectivity index (χ3n) is 5.74. The smallest absolute Gasteiger partial charge is 0.123 e. The summed E-state index contributed by atoms with van der Waals surface area (Å²) < 4.78 is 13.5. The summed E-state index contributed by atoms with van der Waals surface area (Å²) in [5.41, 5.74) is 2.39. The maximum Gasteiger partial charge on any atom is 0.123 e. The Bertz CT molecular complexity index is 484. The van der Waals surface area contributed by atoms with Gasteiger partial charge in [0.1, 0.15) is 5.82 Å². The number of nitrogens with one attached hydrogen (secondary N) is 1. The molecule has 0 aromatic heterocycles. The van der Waals surface area contributed by atoms with Crippen LogP contribution in [0.25, 0.3) is 0 Å². The van der Waals surface area contributed by atoms with Crippen molar-refractivity contribution >= 4 is 0 Å². The van der Waals surface area contributed by atoms with E-state index in [0.717, 1.165) is 30.7 Å². The van der Waals surface area contributed by atoms with Crippen LogP contribution >= 0.6 is 0 Å². The van der Waals surface area contributed by atoms with Crippen LogP contribution in [0.3, 0.4) is 0 Å². The molecule has 1 aromatic carbocycles. The van der Waals surface area contributed by atoms with Crippen LogP contribution in [0, 0.1) is 30.5 Å². The minimum Gasteiger partial charge on any atom is -0.314 e. The first-order valence-corrected chi connectivity index (χ1v) is 8.64. The molecular weight excluding hydrogens is 261 g/mol. The third-order valence-corrected chi connectivity index (χ3v) is 5.74. The van der Waals surface area contributed by atoms with E-state index in [0.29, 0.717) is 6.04 Å². The van der Waals surface area contributed by atoms with Gasteiger partial charge in [0.15, 0.2) is 0 Å². The molecule has 0 amide bonds. The molecule has 0 spiro atoms. The first kappa shape index (κ1) is 15.0. The number of hydrogen-bond acceptors (Lipinski definition) is 1. The minimum absolute atomic E-state index is 0.106. The molecule has 2 aliphatic rings. The molecule has 1 aromatic rings. The largest absolute Gasteiger partial charge is 0.314 e. The van der Waals surface area contributed by atoms with Gasteiger partial charge in [-0.3, -0.25) is 0 Å². The Morgan fingerprint density at radius 2 is 2.14 bits per heavy atom. The van der Waals surface area contributed by atoms with Gasteiger partial charge >= 0.3 is 0 Å². The number of likely N-dealkylation sites (N-methyl/N-ethyl adjacent to an activating group) is 1. The van der Waals surface area contributed by atoms with Crippen LogP contribution in [-0.4, -0.2) is 12.6 Å². The van der Waals surface area contributed by atoms with Gasteiger partial charge in [0.05, 0.1) is 0 Å². The normalized spacial score (nSPS) is 29.0. The molecule has 3 rings (SSSR count). The molecule has 21 heavy (non-hydrogen) atoms. The van der Waals surface area contributed by atoms with Crippen molar-refractivity contribution in [1.29, 1.82) is 0 Å². The zero-order chi connectivity index (χ0) is 14.8. The standard InChI is InChI=1S/C19H28FN/c1-3-21-19(11-16-10-18(20)7-4-13(16)2)12-17-9-14-5-6-15(17)8-14/h4,7,10,14-15,17,19,21H,3,5-6,8-9,11-12H2,1-2H3. The number of aryl methyl sites for hydroxylation is 1. The summed E-state index contributed by atoms with van der Waals surface area (Å²) in [7, 11) is 0. The molecule has 0 radical (unpaired) electrons. The van der Waals surface area contributed by atoms with Crippen LogP contribution in [0.5, 0.6) is 0 Å². The molecule has 116 valence electrons. The summed E-state index contributed by atoms with van der Waals surface area (Å²) in [6, 6.07) is 5.70. The van der Waals surface area contributed by atoms with Crippen LogP contribution in [-0.2, 0) is 6.42 Å². The Hall–Kier alpha value is -0.890. The Kier molecular flexibility index (Phi) is 4.63. The van der Waals surface area contributed by atoms with Crippen molar-refractivity contribution in [3.8, 4) is 0 Å². The van der Waals surface area contributed by atoms with Crippen molar-refractivity contribution in [2.45, 2.75) is 58.4 Å². The Morgan fingerprint density at radius 3 is 2.81 bits per heavy atom. The van der Waals surface area contributed by atoms with Crippen molar-refractivity contribution in [3.05, 3.63) is 35.1 Å². The lowest BCUT2D eigenvalue weighted by Gasteiger charge is -2.27. The van der Waals surface area contributed by atoms with Crippen LogP contribution in [0.1, 0.15) is 50.2 Å². The molecule has 4 unspecified atom stereocenters. The molecule has 2 fully saturated rings. The molecule has 2 heteroatoms. The molecular formula is C19H28FN. The molecule has 2 aliphatic carbocycles.